The van der Waals surface area contributed by atoms with Crippen LogP contribution >= 0.6 is 0 Å². The fourth-order valence-electron chi connectivity index (χ4n) is 3.09. The molecule has 2 rings (SSSR count). The van der Waals surface area contributed by atoms with Crippen LogP contribution in [0.25, 0.3) is 0 Å². The average Bonchev–Trinajstić information content (AvgIpc) is 2.90. The van der Waals surface area contributed by atoms with Crippen molar-refractivity contribution in [2.45, 2.75) is 72.0 Å². The van der Waals surface area contributed by atoms with Crippen molar-refractivity contribution in [3.63, 3.8) is 0 Å². The highest BCUT2D eigenvalue weighted by Crippen LogP contribution is 2.50. The summed E-state index contributed by atoms with van der Waals surface area (Å²) in [5.41, 5.74) is 0.170. The Hall–Kier alpha value is -1.06. The Bertz CT molecular complexity index is 390. The fraction of sp³-hybridized carbons (Fsp3) is 0.867. The maximum atomic E-state index is 12.7. The molecule has 0 aromatic carbocycles. The van der Waals surface area contributed by atoms with E-state index in [-0.39, 0.29) is 35.4 Å². The van der Waals surface area contributed by atoms with Gasteiger partial charge in [0.1, 0.15) is 12.1 Å². The van der Waals surface area contributed by atoms with Gasteiger partial charge in [-0.15, -0.1) is 0 Å². The van der Waals surface area contributed by atoms with E-state index in [1.165, 1.54) is 0 Å². The van der Waals surface area contributed by atoms with Gasteiger partial charge in [-0.05, 0) is 30.6 Å². The minimum Gasteiger partial charge on any atom is -0.342 e. The van der Waals surface area contributed by atoms with Crippen LogP contribution in [0.5, 0.6) is 0 Å². The van der Waals surface area contributed by atoms with Crippen molar-refractivity contribution >= 4 is 11.8 Å². The Kier molecular flexibility index (Phi) is 3.63. The summed E-state index contributed by atoms with van der Waals surface area (Å²) in [6.07, 6.45) is 2.43. The molecule has 1 aliphatic carbocycles. The molecule has 1 saturated carbocycles. The number of rotatable bonds is 4. The molecule has 0 spiro atoms. The zero-order chi connectivity index (χ0) is 14.4. The molecule has 0 bridgehead atoms. The molecule has 108 valence electrons. The monoisotopic (exact) mass is 266 g/mol. The molecule has 0 radical (unpaired) electrons. The molecule has 4 heteroatoms. The molecule has 3 atom stereocenters. The van der Waals surface area contributed by atoms with Crippen LogP contribution < -0.4 is 5.32 Å². The van der Waals surface area contributed by atoms with Gasteiger partial charge >= 0.3 is 0 Å². The smallest absolute Gasteiger partial charge is 0.246 e. The van der Waals surface area contributed by atoms with Gasteiger partial charge in [0.05, 0.1) is 0 Å². The third-order valence-electron chi connectivity index (χ3n) is 4.40. The lowest BCUT2D eigenvalue weighted by atomic mass is 9.97. The Balaban J connectivity index is 2.20. The van der Waals surface area contributed by atoms with E-state index in [0.29, 0.717) is 12.3 Å². The first-order valence-electron chi connectivity index (χ1n) is 7.40. The molecule has 2 aliphatic rings. The number of nitrogens with one attached hydrogen (secondary N) is 1. The van der Waals surface area contributed by atoms with Gasteiger partial charge < -0.3 is 10.2 Å². The summed E-state index contributed by atoms with van der Waals surface area (Å²) in [6.45, 7) is 10.5. The number of carbonyl (C=O) groups is 2. The largest absolute Gasteiger partial charge is 0.342 e. The summed E-state index contributed by atoms with van der Waals surface area (Å²) in [6, 6.07) is -0.361. The van der Waals surface area contributed by atoms with E-state index in [4.69, 9.17) is 0 Å². The van der Waals surface area contributed by atoms with Gasteiger partial charge in [-0.3, -0.25) is 9.59 Å². The van der Waals surface area contributed by atoms with Crippen LogP contribution in [0, 0.1) is 11.3 Å². The highest BCUT2D eigenvalue weighted by molar-refractivity contribution is 5.97. The van der Waals surface area contributed by atoms with Crippen molar-refractivity contribution in [1.29, 1.82) is 0 Å². The average molecular weight is 266 g/mol. The standard InChI is InChI=1S/C15H26N2O2/c1-6-11-13(18)16-10(7-9(2)3)14(19)17(11)12-8-15(12,4)5/h9-12H,6-8H2,1-5H3,(H,16,18). The molecule has 2 fully saturated rings. The van der Waals surface area contributed by atoms with Crippen LogP contribution in [0.4, 0.5) is 0 Å². The molecular weight excluding hydrogens is 240 g/mol. The van der Waals surface area contributed by atoms with Crippen molar-refractivity contribution in [3.05, 3.63) is 0 Å². The summed E-state index contributed by atoms with van der Waals surface area (Å²) in [7, 11) is 0. The van der Waals surface area contributed by atoms with Crippen LogP contribution in [0.1, 0.15) is 53.9 Å². The second-order valence-corrected chi connectivity index (χ2v) is 7.07. The van der Waals surface area contributed by atoms with Crippen molar-refractivity contribution in [3.8, 4) is 0 Å². The normalized spacial score (nSPS) is 33.6. The topological polar surface area (TPSA) is 49.4 Å². The van der Waals surface area contributed by atoms with E-state index in [2.05, 4.69) is 33.0 Å². The number of piperazine rings is 1. The van der Waals surface area contributed by atoms with Crippen molar-refractivity contribution in [1.82, 2.24) is 10.2 Å². The molecule has 1 saturated heterocycles. The lowest BCUT2D eigenvalue weighted by molar-refractivity contribution is -0.151. The Labute approximate surface area is 115 Å². The van der Waals surface area contributed by atoms with E-state index in [9.17, 15) is 9.59 Å². The third-order valence-corrected chi connectivity index (χ3v) is 4.40. The predicted molar refractivity (Wildman–Crippen MR) is 74.5 cm³/mol. The van der Waals surface area contributed by atoms with Crippen molar-refractivity contribution < 1.29 is 9.59 Å². The molecular formula is C15H26N2O2. The lowest BCUT2D eigenvalue weighted by Gasteiger charge is -2.40. The summed E-state index contributed by atoms with van der Waals surface area (Å²) >= 11 is 0. The van der Waals surface area contributed by atoms with E-state index in [0.717, 1.165) is 12.8 Å². The minimum atomic E-state index is -0.327. The lowest BCUT2D eigenvalue weighted by Crippen LogP contribution is -2.64. The van der Waals surface area contributed by atoms with E-state index < -0.39 is 0 Å². The fourth-order valence-corrected chi connectivity index (χ4v) is 3.09. The molecule has 3 unspecified atom stereocenters. The van der Waals surface area contributed by atoms with Gasteiger partial charge in [-0.25, -0.2) is 0 Å². The number of carbonyl (C=O) groups excluding carboxylic acids is 2. The van der Waals surface area contributed by atoms with Crippen molar-refractivity contribution in [2.75, 3.05) is 0 Å². The first-order chi connectivity index (χ1) is 8.77. The number of hydrogen-bond acceptors (Lipinski definition) is 2. The predicted octanol–water partition coefficient (Wildman–Crippen LogP) is 1.94. The summed E-state index contributed by atoms with van der Waals surface area (Å²) in [4.78, 5) is 26.7. The second kappa shape index (κ2) is 4.80. The summed E-state index contributed by atoms with van der Waals surface area (Å²) in [5, 5.41) is 2.91. The maximum absolute atomic E-state index is 12.7. The quantitative estimate of drug-likeness (QED) is 0.845. The van der Waals surface area contributed by atoms with Gasteiger partial charge in [0.15, 0.2) is 0 Å². The van der Waals surface area contributed by atoms with Gasteiger partial charge in [-0.2, -0.15) is 0 Å². The van der Waals surface area contributed by atoms with Crippen LogP contribution in [0.15, 0.2) is 0 Å². The van der Waals surface area contributed by atoms with Crippen molar-refractivity contribution in [2.24, 2.45) is 11.3 Å². The molecule has 0 aromatic rings. The maximum Gasteiger partial charge on any atom is 0.246 e. The van der Waals surface area contributed by atoms with Gasteiger partial charge in [0, 0.05) is 6.04 Å². The minimum absolute atomic E-state index is 0.0236. The van der Waals surface area contributed by atoms with Gasteiger partial charge in [0.2, 0.25) is 11.8 Å². The molecule has 19 heavy (non-hydrogen) atoms. The van der Waals surface area contributed by atoms with Crippen LogP contribution in [0.3, 0.4) is 0 Å². The number of hydrogen-bond donors (Lipinski definition) is 1. The summed E-state index contributed by atoms with van der Waals surface area (Å²) in [5.74, 6) is 0.549. The van der Waals surface area contributed by atoms with E-state index in [1.54, 1.807) is 0 Å². The molecule has 2 amide bonds. The number of nitrogens with zero attached hydrogens (tertiary/aromatic N) is 1. The zero-order valence-corrected chi connectivity index (χ0v) is 12.7. The molecule has 1 aliphatic heterocycles. The SMILES string of the molecule is CCC1C(=O)NC(CC(C)C)C(=O)N1C1CC1(C)C. The van der Waals surface area contributed by atoms with E-state index in [1.807, 2.05) is 11.8 Å². The van der Waals surface area contributed by atoms with Crippen LogP contribution in [-0.2, 0) is 9.59 Å². The molecule has 1 heterocycles. The summed E-state index contributed by atoms with van der Waals surface area (Å²) < 4.78 is 0. The first-order valence-corrected chi connectivity index (χ1v) is 7.40. The van der Waals surface area contributed by atoms with Gasteiger partial charge in [0.25, 0.3) is 0 Å². The van der Waals surface area contributed by atoms with Crippen LogP contribution in [-0.4, -0.2) is 34.8 Å². The third kappa shape index (κ3) is 2.63. The molecule has 0 aromatic heterocycles. The molecule has 4 nitrogen and oxygen atoms in total. The highest BCUT2D eigenvalue weighted by Gasteiger charge is 2.56. The second-order valence-electron chi connectivity index (χ2n) is 7.07. The Morgan fingerprint density at radius 1 is 1.37 bits per heavy atom. The first kappa shape index (κ1) is 14.4. The van der Waals surface area contributed by atoms with E-state index >= 15 is 0 Å². The Morgan fingerprint density at radius 3 is 2.37 bits per heavy atom. The molecule has 1 N–H and O–H groups in total. The van der Waals surface area contributed by atoms with Crippen LogP contribution in [0.2, 0.25) is 0 Å². The highest BCUT2D eigenvalue weighted by atomic mass is 16.2. The Morgan fingerprint density at radius 2 is 1.95 bits per heavy atom. The zero-order valence-electron chi connectivity index (χ0n) is 12.7. The van der Waals surface area contributed by atoms with Gasteiger partial charge in [-0.1, -0.05) is 34.6 Å². The number of amides is 2.